The Morgan fingerprint density at radius 3 is 3.00 bits per heavy atom. The molecule has 3 heteroatoms. The maximum absolute atomic E-state index is 10.3. The largest absolute Gasteiger partial charge is 0.481 e. The van der Waals surface area contributed by atoms with E-state index >= 15 is 0 Å². The molecule has 1 saturated carbocycles. The van der Waals surface area contributed by atoms with Crippen molar-refractivity contribution in [3.05, 3.63) is 23.5 Å². The van der Waals surface area contributed by atoms with E-state index in [-0.39, 0.29) is 6.42 Å². The number of carbonyl (C=O) groups is 1. The van der Waals surface area contributed by atoms with Crippen LogP contribution >= 0.6 is 0 Å². The minimum absolute atomic E-state index is 0.128. The highest BCUT2D eigenvalue weighted by Crippen LogP contribution is 2.39. The Hall–Kier alpha value is -1.25. The Morgan fingerprint density at radius 1 is 1.67 bits per heavy atom. The van der Waals surface area contributed by atoms with Gasteiger partial charge in [0.25, 0.3) is 0 Å². The van der Waals surface area contributed by atoms with Crippen molar-refractivity contribution in [3.8, 4) is 0 Å². The number of hydrogen-bond acceptors (Lipinski definition) is 1. The average Bonchev–Trinajstić information content (AvgIpc) is 2.73. The van der Waals surface area contributed by atoms with Crippen molar-refractivity contribution < 1.29 is 9.90 Å². The van der Waals surface area contributed by atoms with Crippen LogP contribution in [-0.2, 0) is 11.2 Å². The van der Waals surface area contributed by atoms with Gasteiger partial charge in [-0.3, -0.25) is 4.79 Å². The first-order valence-electron chi connectivity index (χ1n) is 4.14. The van der Waals surface area contributed by atoms with E-state index in [1.165, 1.54) is 18.5 Å². The van der Waals surface area contributed by atoms with E-state index in [2.05, 4.69) is 4.98 Å². The maximum atomic E-state index is 10.3. The molecule has 1 aromatic heterocycles. The number of aromatic nitrogens is 1. The lowest BCUT2D eigenvalue weighted by molar-refractivity contribution is -0.136. The highest BCUT2D eigenvalue weighted by molar-refractivity contribution is 5.70. The average molecular weight is 165 g/mol. The van der Waals surface area contributed by atoms with Gasteiger partial charge in [-0.15, -0.1) is 0 Å². The molecule has 2 rings (SSSR count). The monoisotopic (exact) mass is 165 g/mol. The molecule has 0 aromatic carbocycles. The number of rotatable bonds is 3. The van der Waals surface area contributed by atoms with Gasteiger partial charge in [0.15, 0.2) is 0 Å². The number of aliphatic carboxylic acids is 1. The third kappa shape index (κ3) is 1.49. The Morgan fingerprint density at radius 2 is 2.42 bits per heavy atom. The lowest BCUT2D eigenvalue weighted by Gasteiger charge is -1.88. The first-order valence-corrected chi connectivity index (χ1v) is 4.14. The maximum Gasteiger partial charge on any atom is 0.307 e. The molecule has 0 saturated heterocycles. The second kappa shape index (κ2) is 2.66. The van der Waals surface area contributed by atoms with E-state index in [1.807, 2.05) is 6.07 Å². The highest BCUT2D eigenvalue weighted by Gasteiger charge is 2.24. The molecular weight excluding hydrogens is 154 g/mol. The minimum atomic E-state index is -0.767. The molecule has 0 amide bonds. The number of carboxylic acid groups (broad SMARTS) is 1. The molecule has 0 atom stereocenters. The van der Waals surface area contributed by atoms with E-state index in [4.69, 9.17) is 5.11 Å². The molecule has 1 fully saturated rings. The fraction of sp³-hybridized carbons (Fsp3) is 0.444. The molecule has 1 heterocycles. The summed E-state index contributed by atoms with van der Waals surface area (Å²) in [5.41, 5.74) is 2.08. The molecule has 0 bridgehead atoms. The molecule has 0 radical (unpaired) electrons. The zero-order chi connectivity index (χ0) is 8.55. The van der Waals surface area contributed by atoms with Crippen molar-refractivity contribution >= 4 is 5.97 Å². The lowest BCUT2D eigenvalue weighted by Crippen LogP contribution is -1.97. The summed E-state index contributed by atoms with van der Waals surface area (Å²) in [6.07, 6.45) is 4.41. The Balaban J connectivity index is 2.07. The SMILES string of the molecule is O=C(O)Cc1c[nH]c(C2CC2)c1. The second-order valence-electron chi connectivity index (χ2n) is 3.31. The van der Waals surface area contributed by atoms with Gasteiger partial charge in [0, 0.05) is 11.9 Å². The summed E-state index contributed by atoms with van der Waals surface area (Å²) >= 11 is 0. The van der Waals surface area contributed by atoms with Crippen LogP contribution < -0.4 is 0 Å². The zero-order valence-electron chi connectivity index (χ0n) is 6.71. The summed E-state index contributed by atoms with van der Waals surface area (Å²) in [6.45, 7) is 0. The molecule has 64 valence electrons. The van der Waals surface area contributed by atoms with Crippen LogP contribution in [0.4, 0.5) is 0 Å². The Bertz CT molecular complexity index is 299. The Labute approximate surface area is 70.4 Å². The molecule has 2 N–H and O–H groups in total. The van der Waals surface area contributed by atoms with Crippen LogP contribution in [0.5, 0.6) is 0 Å². The highest BCUT2D eigenvalue weighted by atomic mass is 16.4. The lowest BCUT2D eigenvalue weighted by atomic mass is 10.2. The van der Waals surface area contributed by atoms with E-state index in [0.717, 1.165) is 5.56 Å². The number of nitrogens with one attached hydrogen (secondary N) is 1. The Kier molecular flexibility index (Phi) is 1.64. The van der Waals surface area contributed by atoms with Crippen molar-refractivity contribution in [1.29, 1.82) is 0 Å². The van der Waals surface area contributed by atoms with Crippen LogP contribution in [0.15, 0.2) is 12.3 Å². The van der Waals surface area contributed by atoms with Crippen molar-refractivity contribution in [2.24, 2.45) is 0 Å². The summed E-state index contributed by atoms with van der Waals surface area (Å²) in [6, 6.07) is 1.96. The molecule has 0 unspecified atom stereocenters. The summed E-state index contributed by atoms with van der Waals surface area (Å²) < 4.78 is 0. The van der Waals surface area contributed by atoms with Gasteiger partial charge in [0.2, 0.25) is 0 Å². The molecular formula is C9H11NO2. The van der Waals surface area contributed by atoms with Crippen LogP contribution in [0.1, 0.15) is 30.0 Å². The summed E-state index contributed by atoms with van der Waals surface area (Å²) in [4.78, 5) is 13.5. The van der Waals surface area contributed by atoms with Gasteiger partial charge >= 0.3 is 5.97 Å². The van der Waals surface area contributed by atoms with Crippen molar-refractivity contribution in [2.75, 3.05) is 0 Å². The predicted octanol–water partition coefficient (Wildman–Crippen LogP) is 1.52. The molecule has 0 aliphatic heterocycles. The van der Waals surface area contributed by atoms with E-state index < -0.39 is 5.97 Å². The van der Waals surface area contributed by atoms with Gasteiger partial charge in [0.05, 0.1) is 6.42 Å². The van der Waals surface area contributed by atoms with Crippen LogP contribution in [0.25, 0.3) is 0 Å². The number of carboxylic acids is 1. The van der Waals surface area contributed by atoms with Crippen LogP contribution in [0.3, 0.4) is 0 Å². The van der Waals surface area contributed by atoms with Gasteiger partial charge in [-0.25, -0.2) is 0 Å². The van der Waals surface area contributed by atoms with Gasteiger partial charge in [-0.1, -0.05) is 0 Å². The van der Waals surface area contributed by atoms with Crippen molar-refractivity contribution in [1.82, 2.24) is 4.98 Å². The van der Waals surface area contributed by atoms with Crippen molar-refractivity contribution in [3.63, 3.8) is 0 Å². The smallest absolute Gasteiger partial charge is 0.307 e. The molecule has 1 aliphatic rings. The van der Waals surface area contributed by atoms with Crippen LogP contribution in [-0.4, -0.2) is 16.1 Å². The standard InChI is InChI=1S/C9H11NO2/c11-9(12)4-6-3-8(10-5-6)7-1-2-7/h3,5,7,10H,1-2,4H2,(H,11,12). The number of aromatic amines is 1. The molecule has 1 aromatic rings. The molecule has 12 heavy (non-hydrogen) atoms. The first kappa shape index (κ1) is 7.40. The van der Waals surface area contributed by atoms with Gasteiger partial charge in [-0.2, -0.15) is 0 Å². The number of H-pyrrole nitrogens is 1. The topological polar surface area (TPSA) is 53.1 Å². The molecule has 1 aliphatic carbocycles. The summed E-state index contributed by atoms with van der Waals surface area (Å²) in [5.74, 6) is -0.0936. The normalized spacial score (nSPS) is 16.3. The zero-order valence-corrected chi connectivity index (χ0v) is 6.71. The van der Waals surface area contributed by atoms with Gasteiger partial charge < -0.3 is 10.1 Å². The fourth-order valence-electron chi connectivity index (χ4n) is 1.37. The van der Waals surface area contributed by atoms with Crippen LogP contribution in [0, 0.1) is 0 Å². The predicted molar refractivity (Wildman–Crippen MR) is 44.1 cm³/mol. The molecule has 3 nitrogen and oxygen atoms in total. The van der Waals surface area contributed by atoms with E-state index in [1.54, 1.807) is 6.20 Å². The van der Waals surface area contributed by atoms with Crippen LogP contribution in [0.2, 0.25) is 0 Å². The number of hydrogen-bond donors (Lipinski definition) is 2. The third-order valence-corrected chi connectivity index (χ3v) is 2.14. The summed E-state index contributed by atoms with van der Waals surface area (Å²) in [5, 5.41) is 8.52. The van der Waals surface area contributed by atoms with E-state index in [0.29, 0.717) is 5.92 Å². The molecule has 0 spiro atoms. The van der Waals surface area contributed by atoms with Gasteiger partial charge in [-0.05, 0) is 30.4 Å². The first-order chi connectivity index (χ1) is 5.75. The second-order valence-corrected chi connectivity index (χ2v) is 3.31. The van der Waals surface area contributed by atoms with Crippen molar-refractivity contribution in [2.45, 2.75) is 25.2 Å². The third-order valence-electron chi connectivity index (χ3n) is 2.14. The van der Waals surface area contributed by atoms with Gasteiger partial charge in [0.1, 0.15) is 0 Å². The van der Waals surface area contributed by atoms with E-state index in [9.17, 15) is 4.79 Å². The quantitative estimate of drug-likeness (QED) is 0.713. The summed E-state index contributed by atoms with van der Waals surface area (Å²) in [7, 11) is 0. The fourth-order valence-corrected chi connectivity index (χ4v) is 1.37. The minimum Gasteiger partial charge on any atom is -0.481 e.